The second-order valence-electron chi connectivity index (χ2n) is 4.19. The number of aliphatic hydroxyl groups is 1. The zero-order valence-electron chi connectivity index (χ0n) is 11.1. The highest BCUT2D eigenvalue weighted by Gasteiger charge is 2.07. The predicted molar refractivity (Wildman–Crippen MR) is 78.6 cm³/mol. The van der Waals surface area contributed by atoms with E-state index in [9.17, 15) is 4.39 Å². The van der Waals surface area contributed by atoms with Crippen molar-refractivity contribution in [3.05, 3.63) is 58.6 Å². The molecule has 21 heavy (non-hydrogen) atoms. The lowest BCUT2D eigenvalue weighted by molar-refractivity contribution is 0.298. The second kappa shape index (κ2) is 7.63. The van der Waals surface area contributed by atoms with Crippen molar-refractivity contribution in [1.29, 1.82) is 0 Å². The van der Waals surface area contributed by atoms with E-state index in [4.69, 9.17) is 21.4 Å². The fourth-order valence-electron chi connectivity index (χ4n) is 1.61. The summed E-state index contributed by atoms with van der Waals surface area (Å²) in [6.07, 6.45) is 3.52. The molecule has 0 amide bonds. The summed E-state index contributed by atoms with van der Waals surface area (Å²) in [5.74, 6) is 5.66. The molecular weight excluding hydrogens is 293 g/mol. The predicted octanol–water partition coefficient (Wildman–Crippen LogP) is 3.19. The molecule has 0 fully saturated rings. The molecule has 1 aromatic heterocycles. The van der Waals surface area contributed by atoms with Gasteiger partial charge in [0.1, 0.15) is 18.2 Å². The van der Waals surface area contributed by atoms with Crippen LogP contribution in [0.2, 0.25) is 5.02 Å². The lowest BCUT2D eigenvalue weighted by Crippen LogP contribution is -1.99. The van der Waals surface area contributed by atoms with Crippen molar-refractivity contribution < 1.29 is 14.2 Å². The fraction of sp³-hybridized carbons (Fsp3) is 0.188. The van der Waals surface area contributed by atoms with E-state index < -0.39 is 5.82 Å². The molecule has 0 atom stereocenters. The van der Waals surface area contributed by atoms with Gasteiger partial charge in [0.15, 0.2) is 0 Å². The molecule has 0 aliphatic heterocycles. The zero-order valence-corrected chi connectivity index (χ0v) is 11.9. The Hall–Kier alpha value is -2.09. The zero-order chi connectivity index (χ0) is 15.1. The van der Waals surface area contributed by atoms with E-state index in [1.165, 1.54) is 12.3 Å². The summed E-state index contributed by atoms with van der Waals surface area (Å²) < 4.78 is 19.2. The summed E-state index contributed by atoms with van der Waals surface area (Å²) >= 11 is 5.71. The molecule has 0 unspecified atom stereocenters. The van der Waals surface area contributed by atoms with E-state index in [1.807, 2.05) is 0 Å². The van der Waals surface area contributed by atoms with E-state index in [-0.39, 0.29) is 18.2 Å². The van der Waals surface area contributed by atoms with Crippen LogP contribution in [-0.4, -0.2) is 16.7 Å². The Balaban J connectivity index is 2.05. The lowest BCUT2D eigenvalue weighted by atomic mass is 10.2. The molecule has 0 saturated carbocycles. The van der Waals surface area contributed by atoms with Crippen LogP contribution in [0.3, 0.4) is 0 Å². The lowest BCUT2D eigenvalue weighted by Gasteiger charge is -2.07. The second-order valence-corrected chi connectivity index (χ2v) is 4.59. The monoisotopic (exact) mass is 305 g/mol. The largest absolute Gasteiger partial charge is 0.487 e. The van der Waals surface area contributed by atoms with Crippen LogP contribution in [0, 0.1) is 17.7 Å². The number of halogens is 2. The molecular formula is C16H13ClFNO2. The number of rotatable bonds is 4. The molecule has 0 bridgehead atoms. The minimum atomic E-state index is -0.481. The van der Waals surface area contributed by atoms with E-state index >= 15 is 0 Å². The molecule has 2 rings (SSSR count). The van der Waals surface area contributed by atoms with Gasteiger partial charge in [-0.1, -0.05) is 35.6 Å². The fourth-order valence-corrected chi connectivity index (χ4v) is 1.80. The Morgan fingerprint density at radius 3 is 3.00 bits per heavy atom. The Kier molecular flexibility index (Phi) is 5.56. The number of hydrogen-bond donors (Lipinski definition) is 1. The topological polar surface area (TPSA) is 42.4 Å². The van der Waals surface area contributed by atoms with Crippen molar-refractivity contribution in [2.24, 2.45) is 0 Å². The van der Waals surface area contributed by atoms with Gasteiger partial charge in [-0.3, -0.25) is 4.98 Å². The molecule has 0 radical (unpaired) electrons. The smallest absolute Gasteiger partial charge is 0.148 e. The van der Waals surface area contributed by atoms with Crippen molar-refractivity contribution in [2.75, 3.05) is 6.61 Å². The van der Waals surface area contributed by atoms with Gasteiger partial charge in [0.2, 0.25) is 0 Å². The highest BCUT2D eigenvalue weighted by Crippen LogP contribution is 2.20. The van der Waals surface area contributed by atoms with E-state index in [1.54, 1.807) is 24.4 Å². The van der Waals surface area contributed by atoms with Crippen LogP contribution in [0.1, 0.15) is 17.5 Å². The average Bonchev–Trinajstić information content (AvgIpc) is 2.50. The van der Waals surface area contributed by atoms with Crippen LogP contribution >= 0.6 is 11.6 Å². The number of benzene rings is 1. The molecule has 0 aliphatic carbocycles. The summed E-state index contributed by atoms with van der Waals surface area (Å²) in [6, 6.07) is 6.47. The van der Waals surface area contributed by atoms with Gasteiger partial charge in [0, 0.05) is 23.7 Å². The number of aliphatic hydroxyl groups excluding tert-OH is 1. The maximum Gasteiger partial charge on any atom is 0.148 e. The Bertz CT molecular complexity index is 679. The van der Waals surface area contributed by atoms with Crippen LogP contribution in [0.5, 0.6) is 5.75 Å². The normalized spacial score (nSPS) is 9.86. The van der Waals surface area contributed by atoms with Crippen molar-refractivity contribution >= 4 is 11.6 Å². The van der Waals surface area contributed by atoms with E-state index in [0.717, 1.165) is 0 Å². The minimum Gasteiger partial charge on any atom is -0.487 e. The van der Waals surface area contributed by atoms with Crippen LogP contribution in [-0.2, 0) is 6.61 Å². The summed E-state index contributed by atoms with van der Waals surface area (Å²) in [7, 11) is 0. The van der Waals surface area contributed by atoms with Gasteiger partial charge >= 0.3 is 0 Å². The van der Waals surface area contributed by atoms with Gasteiger partial charge in [0.25, 0.3) is 0 Å². The van der Waals surface area contributed by atoms with Gasteiger partial charge < -0.3 is 9.84 Å². The SMILES string of the molecule is OCCC#Cc1cncc(OCc2cccc(Cl)c2F)c1. The summed E-state index contributed by atoms with van der Waals surface area (Å²) in [6.45, 7) is 0.0757. The standard InChI is InChI=1S/C16H13ClFNO2/c17-15-6-3-5-13(16(15)18)11-21-14-8-12(9-19-10-14)4-1-2-7-20/h3,5-6,8-10,20H,2,7,11H2. The van der Waals surface area contributed by atoms with Gasteiger partial charge in [0.05, 0.1) is 17.8 Å². The third-order valence-electron chi connectivity index (χ3n) is 2.61. The first kappa shape index (κ1) is 15.3. The van der Waals surface area contributed by atoms with Gasteiger partial charge in [-0.25, -0.2) is 4.39 Å². The number of nitrogens with zero attached hydrogens (tertiary/aromatic N) is 1. The van der Waals surface area contributed by atoms with Crippen molar-refractivity contribution in [2.45, 2.75) is 13.0 Å². The van der Waals surface area contributed by atoms with Gasteiger partial charge in [-0.2, -0.15) is 0 Å². The summed E-state index contributed by atoms with van der Waals surface area (Å²) in [4.78, 5) is 4.01. The van der Waals surface area contributed by atoms with E-state index in [0.29, 0.717) is 23.3 Å². The third kappa shape index (κ3) is 4.45. The van der Waals surface area contributed by atoms with Crippen molar-refractivity contribution in [1.82, 2.24) is 4.98 Å². The first-order chi connectivity index (χ1) is 10.2. The number of ether oxygens (including phenoxy) is 1. The van der Waals surface area contributed by atoms with Crippen molar-refractivity contribution in [3.8, 4) is 17.6 Å². The number of pyridine rings is 1. The maximum atomic E-state index is 13.7. The number of aromatic nitrogens is 1. The maximum absolute atomic E-state index is 13.7. The molecule has 2 aromatic rings. The first-order valence-corrected chi connectivity index (χ1v) is 6.69. The third-order valence-corrected chi connectivity index (χ3v) is 2.90. The van der Waals surface area contributed by atoms with Crippen LogP contribution in [0.25, 0.3) is 0 Å². The van der Waals surface area contributed by atoms with Crippen LogP contribution in [0.4, 0.5) is 4.39 Å². The molecule has 1 N–H and O–H groups in total. The molecule has 5 heteroatoms. The molecule has 0 aliphatic rings. The van der Waals surface area contributed by atoms with Crippen molar-refractivity contribution in [3.63, 3.8) is 0 Å². The van der Waals surface area contributed by atoms with E-state index in [2.05, 4.69) is 16.8 Å². The highest BCUT2D eigenvalue weighted by atomic mass is 35.5. The Morgan fingerprint density at radius 2 is 2.19 bits per heavy atom. The average molecular weight is 306 g/mol. The molecule has 0 saturated heterocycles. The minimum absolute atomic E-state index is 0.0185. The quantitative estimate of drug-likeness (QED) is 0.882. The highest BCUT2D eigenvalue weighted by molar-refractivity contribution is 6.30. The Morgan fingerprint density at radius 1 is 1.33 bits per heavy atom. The van der Waals surface area contributed by atoms with Gasteiger partial charge in [-0.05, 0) is 12.1 Å². The molecule has 0 spiro atoms. The van der Waals surface area contributed by atoms with Gasteiger partial charge in [-0.15, -0.1) is 0 Å². The molecule has 1 aromatic carbocycles. The van der Waals surface area contributed by atoms with Crippen LogP contribution < -0.4 is 4.74 Å². The first-order valence-electron chi connectivity index (χ1n) is 6.31. The summed E-state index contributed by atoms with van der Waals surface area (Å²) in [5, 5.41) is 8.74. The molecule has 108 valence electrons. The van der Waals surface area contributed by atoms with Crippen LogP contribution in [0.15, 0.2) is 36.7 Å². The summed E-state index contributed by atoms with van der Waals surface area (Å²) in [5.41, 5.74) is 1.05. The number of hydrogen-bond acceptors (Lipinski definition) is 3. The Labute approximate surface area is 127 Å². The molecule has 1 heterocycles. The molecule has 3 nitrogen and oxygen atoms in total.